The van der Waals surface area contributed by atoms with Crippen LogP contribution in [-0.2, 0) is 4.74 Å². The Balaban J connectivity index is 1.60. The average molecular weight is 233 g/mol. The fraction of sp³-hybridized carbons (Fsp3) is 0.571. The molecule has 3 heteroatoms. The lowest BCUT2D eigenvalue weighted by Crippen LogP contribution is -2.45. The van der Waals surface area contributed by atoms with Crippen molar-refractivity contribution in [1.29, 1.82) is 0 Å². The SMILES string of the molecule is c1ccc(O[C@H]2CO[C@]3(CCCNC3)C2)cc1. The van der Waals surface area contributed by atoms with E-state index < -0.39 is 0 Å². The first-order valence-corrected chi connectivity index (χ1v) is 6.43. The van der Waals surface area contributed by atoms with E-state index in [-0.39, 0.29) is 11.7 Å². The molecule has 0 amide bonds. The first-order chi connectivity index (χ1) is 8.36. The van der Waals surface area contributed by atoms with Crippen LogP contribution >= 0.6 is 0 Å². The van der Waals surface area contributed by atoms with Crippen LogP contribution in [0.25, 0.3) is 0 Å². The summed E-state index contributed by atoms with van der Waals surface area (Å²) in [6, 6.07) is 10.0. The molecule has 3 nitrogen and oxygen atoms in total. The summed E-state index contributed by atoms with van der Waals surface area (Å²) in [5, 5.41) is 3.42. The van der Waals surface area contributed by atoms with Crippen LogP contribution < -0.4 is 10.1 Å². The lowest BCUT2D eigenvalue weighted by atomic mass is 9.90. The zero-order chi connectivity index (χ0) is 11.6. The summed E-state index contributed by atoms with van der Waals surface area (Å²) in [4.78, 5) is 0. The Hall–Kier alpha value is -1.06. The Morgan fingerprint density at radius 3 is 2.94 bits per heavy atom. The molecule has 2 aliphatic heterocycles. The second-order valence-corrected chi connectivity index (χ2v) is 5.03. The molecular formula is C14H19NO2. The molecule has 0 aliphatic carbocycles. The van der Waals surface area contributed by atoms with Crippen LogP contribution in [0.5, 0.6) is 5.75 Å². The number of hydrogen-bond acceptors (Lipinski definition) is 3. The highest BCUT2D eigenvalue weighted by atomic mass is 16.6. The van der Waals surface area contributed by atoms with Crippen LogP contribution in [0, 0.1) is 0 Å². The van der Waals surface area contributed by atoms with Gasteiger partial charge in [0.2, 0.25) is 0 Å². The van der Waals surface area contributed by atoms with E-state index >= 15 is 0 Å². The first kappa shape index (κ1) is 11.1. The van der Waals surface area contributed by atoms with Crippen LogP contribution in [0.4, 0.5) is 0 Å². The molecule has 17 heavy (non-hydrogen) atoms. The predicted octanol–water partition coefficient (Wildman–Crippen LogP) is 1.98. The standard InChI is InChI=1S/C14H19NO2/c1-2-5-12(6-3-1)17-13-9-14(16-10-13)7-4-8-15-11-14/h1-3,5-6,13,15H,4,7-11H2/t13-,14-/m1/s1. The number of para-hydroxylation sites is 1. The van der Waals surface area contributed by atoms with Gasteiger partial charge in [-0.05, 0) is 31.5 Å². The molecule has 2 aliphatic rings. The number of ether oxygens (including phenoxy) is 2. The highest BCUT2D eigenvalue weighted by molar-refractivity contribution is 5.21. The number of piperidine rings is 1. The first-order valence-electron chi connectivity index (χ1n) is 6.43. The summed E-state index contributed by atoms with van der Waals surface area (Å²) in [5.74, 6) is 0.946. The summed E-state index contributed by atoms with van der Waals surface area (Å²) in [5.41, 5.74) is 0.0394. The molecule has 3 rings (SSSR count). The highest BCUT2D eigenvalue weighted by Gasteiger charge is 2.42. The Morgan fingerprint density at radius 1 is 1.29 bits per heavy atom. The fourth-order valence-corrected chi connectivity index (χ4v) is 2.81. The van der Waals surface area contributed by atoms with Crippen molar-refractivity contribution in [2.24, 2.45) is 0 Å². The van der Waals surface area contributed by atoms with Crippen molar-refractivity contribution in [3.8, 4) is 5.75 Å². The molecular weight excluding hydrogens is 214 g/mol. The number of rotatable bonds is 2. The van der Waals surface area contributed by atoms with Gasteiger partial charge in [0.25, 0.3) is 0 Å². The van der Waals surface area contributed by atoms with Crippen LogP contribution in [0.1, 0.15) is 19.3 Å². The van der Waals surface area contributed by atoms with E-state index in [4.69, 9.17) is 9.47 Å². The minimum atomic E-state index is 0.0394. The third-order valence-electron chi connectivity index (χ3n) is 3.65. The molecule has 2 fully saturated rings. The molecule has 1 N–H and O–H groups in total. The minimum absolute atomic E-state index is 0.0394. The molecule has 1 aromatic rings. The summed E-state index contributed by atoms with van der Waals surface area (Å²) in [7, 11) is 0. The van der Waals surface area contributed by atoms with Gasteiger partial charge in [0.05, 0.1) is 12.2 Å². The summed E-state index contributed by atoms with van der Waals surface area (Å²) < 4.78 is 11.9. The van der Waals surface area contributed by atoms with Crippen molar-refractivity contribution in [3.05, 3.63) is 30.3 Å². The minimum Gasteiger partial charge on any atom is -0.488 e. The molecule has 92 valence electrons. The van der Waals surface area contributed by atoms with E-state index in [1.165, 1.54) is 6.42 Å². The maximum atomic E-state index is 5.98. The molecule has 0 bridgehead atoms. The number of nitrogens with one attached hydrogen (secondary N) is 1. The van der Waals surface area contributed by atoms with Crippen molar-refractivity contribution < 1.29 is 9.47 Å². The van der Waals surface area contributed by atoms with Gasteiger partial charge >= 0.3 is 0 Å². The van der Waals surface area contributed by atoms with Gasteiger partial charge < -0.3 is 14.8 Å². The van der Waals surface area contributed by atoms with E-state index in [2.05, 4.69) is 5.32 Å². The van der Waals surface area contributed by atoms with Crippen molar-refractivity contribution in [3.63, 3.8) is 0 Å². The lowest BCUT2D eigenvalue weighted by molar-refractivity contribution is -0.0153. The van der Waals surface area contributed by atoms with Crippen molar-refractivity contribution in [1.82, 2.24) is 5.32 Å². The predicted molar refractivity (Wildman–Crippen MR) is 66.3 cm³/mol. The highest BCUT2D eigenvalue weighted by Crippen LogP contribution is 2.33. The number of benzene rings is 1. The quantitative estimate of drug-likeness (QED) is 0.847. The smallest absolute Gasteiger partial charge is 0.125 e. The topological polar surface area (TPSA) is 30.5 Å². The molecule has 2 saturated heterocycles. The van der Waals surface area contributed by atoms with Gasteiger partial charge in [-0.3, -0.25) is 0 Å². The van der Waals surface area contributed by atoms with Crippen LogP contribution in [0.15, 0.2) is 30.3 Å². The fourth-order valence-electron chi connectivity index (χ4n) is 2.81. The van der Waals surface area contributed by atoms with E-state index in [0.717, 1.165) is 38.3 Å². The molecule has 2 heterocycles. The monoisotopic (exact) mass is 233 g/mol. The summed E-state index contributed by atoms with van der Waals surface area (Å²) >= 11 is 0. The molecule has 0 unspecified atom stereocenters. The molecule has 0 radical (unpaired) electrons. The van der Waals surface area contributed by atoms with E-state index in [1.54, 1.807) is 0 Å². The van der Waals surface area contributed by atoms with Gasteiger partial charge in [-0.2, -0.15) is 0 Å². The lowest BCUT2D eigenvalue weighted by Gasteiger charge is -2.32. The normalized spacial score (nSPS) is 32.8. The maximum Gasteiger partial charge on any atom is 0.125 e. The molecule has 1 aromatic carbocycles. The van der Waals surface area contributed by atoms with E-state index in [0.29, 0.717) is 0 Å². The van der Waals surface area contributed by atoms with E-state index in [1.807, 2.05) is 30.3 Å². The molecule has 2 atom stereocenters. The largest absolute Gasteiger partial charge is 0.488 e. The summed E-state index contributed by atoms with van der Waals surface area (Å²) in [6.07, 6.45) is 3.58. The Kier molecular flexibility index (Phi) is 3.04. The zero-order valence-electron chi connectivity index (χ0n) is 10.0. The zero-order valence-corrected chi connectivity index (χ0v) is 10.0. The van der Waals surface area contributed by atoms with E-state index in [9.17, 15) is 0 Å². The maximum absolute atomic E-state index is 5.98. The van der Waals surface area contributed by atoms with Crippen LogP contribution in [-0.4, -0.2) is 31.4 Å². The van der Waals surface area contributed by atoms with Gasteiger partial charge in [0, 0.05) is 13.0 Å². The van der Waals surface area contributed by atoms with Crippen LogP contribution in [0.3, 0.4) is 0 Å². The Morgan fingerprint density at radius 2 is 2.18 bits per heavy atom. The van der Waals surface area contributed by atoms with Crippen molar-refractivity contribution in [2.45, 2.75) is 31.0 Å². The van der Waals surface area contributed by atoms with Crippen LogP contribution in [0.2, 0.25) is 0 Å². The van der Waals surface area contributed by atoms with Gasteiger partial charge in [-0.15, -0.1) is 0 Å². The van der Waals surface area contributed by atoms with Gasteiger partial charge in [0.15, 0.2) is 0 Å². The van der Waals surface area contributed by atoms with Crippen molar-refractivity contribution >= 4 is 0 Å². The Labute approximate surface area is 102 Å². The number of hydrogen-bond donors (Lipinski definition) is 1. The average Bonchev–Trinajstić information content (AvgIpc) is 2.74. The third-order valence-corrected chi connectivity index (χ3v) is 3.65. The molecule has 0 saturated carbocycles. The van der Waals surface area contributed by atoms with Gasteiger partial charge in [0.1, 0.15) is 11.9 Å². The van der Waals surface area contributed by atoms with Gasteiger partial charge in [-0.1, -0.05) is 18.2 Å². The molecule has 1 spiro atoms. The summed E-state index contributed by atoms with van der Waals surface area (Å²) in [6.45, 7) is 2.81. The third kappa shape index (κ3) is 2.45. The Bertz CT molecular complexity index is 360. The van der Waals surface area contributed by atoms with Gasteiger partial charge in [-0.25, -0.2) is 0 Å². The van der Waals surface area contributed by atoms with Crippen molar-refractivity contribution in [2.75, 3.05) is 19.7 Å². The molecule has 0 aromatic heterocycles. The second kappa shape index (κ2) is 4.67. The second-order valence-electron chi connectivity index (χ2n) is 5.03.